The molecule has 0 saturated heterocycles. The van der Waals surface area contributed by atoms with Crippen molar-refractivity contribution in [3.05, 3.63) is 57.2 Å². The summed E-state index contributed by atoms with van der Waals surface area (Å²) >= 11 is 0. The number of carbonyl (C=O) groups excluding carboxylic acids is 1. The molecule has 0 spiro atoms. The number of hydrogen-bond donors (Lipinski definition) is 1. The highest BCUT2D eigenvalue weighted by atomic mass is 32.2. The van der Waals surface area contributed by atoms with E-state index in [1.54, 1.807) is 6.07 Å². The maximum Gasteiger partial charge on any atom is 0.281 e. The summed E-state index contributed by atoms with van der Waals surface area (Å²) in [5.41, 5.74) is -0.460. The van der Waals surface area contributed by atoms with Crippen LogP contribution in [0.4, 0.5) is 11.4 Å². The molecule has 0 aliphatic carbocycles. The van der Waals surface area contributed by atoms with Gasteiger partial charge in [0.15, 0.2) is 11.5 Å². The van der Waals surface area contributed by atoms with E-state index < -0.39 is 32.0 Å². The number of pyridine rings is 1. The Morgan fingerprint density at radius 2 is 1.82 bits per heavy atom. The molecule has 2 aromatic rings. The van der Waals surface area contributed by atoms with Crippen molar-refractivity contribution in [1.82, 2.24) is 4.57 Å². The smallest absolute Gasteiger partial charge is 0.281 e. The molecule has 144 valence electrons. The Labute approximate surface area is 160 Å². The molecule has 0 fully saturated rings. The Bertz CT molecular complexity index is 1220. The molecule has 0 amide bonds. The second-order valence-electron chi connectivity index (χ2n) is 5.82. The van der Waals surface area contributed by atoms with Gasteiger partial charge >= 0.3 is 0 Å². The Balaban J connectivity index is 2.44. The summed E-state index contributed by atoms with van der Waals surface area (Å²) in [5, 5.41) is 26.7. The average Bonchev–Trinajstić information content (AvgIpc) is 2.66. The number of nitrogens with zero attached hydrogens (tertiary/aromatic N) is 4. The van der Waals surface area contributed by atoms with Crippen molar-refractivity contribution >= 4 is 27.0 Å². The number of aromatic hydroxyl groups is 1. The Morgan fingerprint density at radius 1 is 1.25 bits per heavy atom. The van der Waals surface area contributed by atoms with Crippen molar-refractivity contribution in [2.24, 2.45) is 17.3 Å². The summed E-state index contributed by atoms with van der Waals surface area (Å²) < 4.78 is 25.3. The van der Waals surface area contributed by atoms with Crippen LogP contribution in [0.3, 0.4) is 0 Å². The van der Waals surface area contributed by atoms with Crippen LogP contribution in [-0.2, 0) is 21.7 Å². The molecule has 0 saturated carbocycles. The van der Waals surface area contributed by atoms with E-state index in [-0.39, 0.29) is 27.4 Å². The fourth-order valence-electron chi connectivity index (χ4n) is 2.25. The topological polar surface area (TPSA) is 142 Å². The van der Waals surface area contributed by atoms with Crippen LogP contribution in [0.2, 0.25) is 0 Å². The van der Waals surface area contributed by atoms with Crippen LogP contribution in [0.5, 0.6) is 5.88 Å². The van der Waals surface area contributed by atoms with Crippen molar-refractivity contribution in [3.8, 4) is 11.9 Å². The molecular formula is C18H16N4O5S. The lowest BCUT2D eigenvalue weighted by Crippen LogP contribution is -2.18. The van der Waals surface area contributed by atoms with Gasteiger partial charge < -0.3 is 5.11 Å². The molecule has 0 aliphatic rings. The second kappa shape index (κ2) is 7.58. The van der Waals surface area contributed by atoms with Gasteiger partial charge in [-0.2, -0.15) is 10.4 Å². The van der Waals surface area contributed by atoms with Gasteiger partial charge in [-0.25, -0.2) is 8.42 Å². The molecule has 0 atom stereocenters. The first-order valence-electron chi connectivity index (χ1n) is 7.81. The first-order valence-corrected chi connectivity index (χ1v) is 9.30. The first kappa shape index (κ1) is 20.7. The van der Waals surface area contributed by atoms with Crippen LogP contribution in [-0.4, -0.2) is 23.9 Å². The Morgan fingerprint density at radius 3 is 2.32 bits per heavy atom. The van der Waals surface area contributed by atoms with Gasteiger partial charge in [0.25, 0.3) is 5.56 Å². The number of azo groups is 1. The quantitative estimate of drug-likeness (QED) is 0.604. The molecule has 2 rings (SSSR count). The van der Waals surface area contributed by atoms with Crippen molar-refractivity contribution in [2.45, 2.75) is 18.7 Å². The van der Waals surface area contributed by atoms with Crippen LogP contribution < -0.4 is 5.56 Å². The predicted molar refractivity (Wildman–Crippen MR) is 100 cm³/mol. The minimum absolute atomic E-state index is 0.0970. The van der Waals surface area contributed by atoms with Crippen LogP contribution in [0.25, 0.3) is 0 Å². The molecule has 1 N–H and O–H groups in total. The molecular weight excluding hydrogens is 384 g/mol. The zero-order valence-corrected chi connectivity index (χ0v) is 16.1. The Hall–Kier alpha value is -3.58. The fraction of sp³-hybridized carbons (Fsp3) is 0.167. The number of carbonyl (C=O) groups is 1. The molecule has 0 bridgehead atoms. The van der Waals surface area contributed by atoms with Crippen molar-refractivity contribution in [2.75, 3.05) is 0 Å². The van der Waals surface area contributed by atoms with Crippen LogP contribution in [0, 0.1) is 18.3 Å². The number of nitriles is 1. The lowest BCUT2D eigenvalue weighted by molar-refractivity contribution is -0.113. The van der Waals surface area contributed by atoms with Crippen LogP contribution >= 0.6 is 0 Å². The number of sulfone groups is 1. The highest BCUT2D eigenvalue weighted by Gasteiger charge is 2.22. The fourth-order valence-corrected chi connectivity index (χ4v) is 3.41. The number of Topliss-reactive ketones (excluding diaryl/α,β-unsaturated/α-hetero) is 1. The summed E-state index contributed by atoms with van der Waals surface area (Å²) in [4.78, 5) is 22.9. The number of aromatic nitrogens is 1. The van der Waals surface area contributed by atoms with Gasteiger partial charge in [0, 0.05) is 12.6 Å². The zero-order chi connectivity index (χ0) is 21.2. The van der Waals surface area contributed by atoms with Crippen LogP contribution in [0.15, 0.2) is 55.7 Å². The standard InChI is InChI=1S/C18H16N4O5S/c1-10-15(9-19)17(24)22(4)18(25)16(10)21-20-13-5-7-14(8-6-13)28(26,27)12(3)11(2)23/h5-8,24H,3H2,1-2,4H3. The number of ketones is 1. The van der Waals surface area contributed by atoms with Gasteiger partial charge in [0.2, 0.25) is 15.7 Å². The van der Waals surface area contributed by atoms with Gasteiger partial charge in [-0.1, -0.05) is 6.58 Å². The number of hydrogen-bond acceptors (Lipinski definition) is 8. The van der Waals surface area contributed by atoms with Gasteiger partial charge in [-0.05, 0) is 38.1 Å². The minimum Gasteiger partial charge on any atom is -0.493 e. The molecule has 1 aromatic heterocycles. The van der Waals surface area contributed by atoms with E-state index in [4.69, 9.17) is 5.26 Å². The Kier molecular flexibility index (Phi) is 5.61. The second-order valence-corrected chi connectivity index (χ2v) is 7.80. The van der Waals surface area contributed by atoms with Gasteiger partial charge in [0.1, 0.15) is 16.5 Å². The molecule has 28 heavy (non-hydrogen) atoms. The predicted octanol–water partition coefficient (Wildman–Crippen LogP) is 2.56. The van der Waals surface area contributed by atoms with Crippen molar-refractivity contribution in [3.63, 3.8) is 0 Å². The van der Waals surface area contributed by atoms with E-state index in [1.807, 2.05) is 0 Å². The third kappa shape index (κ3) is 3.60. The number of benzene rings is 1. The van der Waals surface area contributed by atoms with E-state index in [0.29, 0.717) is 0 Å². The van der Waals surface area contributed by atoms with E-state index in [1.165, 1.54) is 38.2 Å². The maximum atomic E-state index is 12.2. The summed E-state index contributed by atoms with van der Waals surface area (Å²) in [5.74, 6) is -1.13. The van der Waals surface area contributed by atoms with Crippen LogP contribution in [0.1, 0.15) is 18.1 Å². The highest BCUT2D eigenvalue weighted by molar-refractivity contribution is 7.96. The third-order valence-electron chi connectivity index (χ3n) is 4.02. The summed E-state index contributed by atoms with van der Waals surface area (Å²) in [7, 11) is -2.70. The van der Waals surface area contributed by atoms with Gasteiger partial charge in [0.05, 0.1) is 10.6 Å². The molecule has 0 aliphatic heterocycles. The SMILES string of the molecule is C=C(C(C)=O)S(=O)(=O)c1ccc(N=Nc2c(C)c(C#N)c(O)n(C)c2=O)cc1. The molecule has 1 aromatic carbocycles. The number of allylic oxidation sites excluding steroid dienone is 1. The number of rotatable bonds is 5. The average molecular weight is 400 g/mol. The molecule has 0 unspecified atom stereocenters. The van der Waals surface area contributed by atoms with E-state index >= 15 is 0 Å². The normalized spacial score (nSPS) is 11.4. The zero-order valence-electron chi connectivity index (χ0n) is 15.3. The lowest BCUT2D eigenvalue weighted by Gasteiger charge is -2.08. The van der Waals surface area contributed by atoms with Gasteiger partial charge in [-0.15, -0.1) is 5.11 Å². The summed E-state index contributed by atoms with van der Waals surface area (Å²) in [6.07, 6.45) is 0. The summed E-state index contributed by atoms with van der Waals surface area (Å²) in [6, 6.07) is 6.96. The molecule has 10 heteroatoms. The summed E-state index contributed by atoms with van der Waals surface area (Å²) in [6.45, 7) is 5.85. The van der Waals surface area contributed by atoms with Crippen molar-refractivity contribution in [1.29, 1.82) is 5.26 Å². The molecule has 1 heterocycles. The van der Waals surface area contributed by atoms with Crippen molar-refractivity contribution < 1.29 is 18.3 Å². The maximum absolute atomic E-state index is 12.2. The minimum atomic E-state index is -3.99. The van der Waals surface area contributed by atoms with Gasteiger partial charge in [-0.3, -0.25) is 14.2 Å². The first-order chi connectivity index (χ1) is 13.0. The third-order valence-corrected chi connectivity index (χ3v) is 5.85. The molecule has 0 radical (unpaired) electrons. The largest absolute Gasteiger partial charge is 0.493 e. The van der Waals surface area contributed by atoms with E-state index in [0.717, 1.165) is 11.5 Å². The lowest BCUT2D eigenvalue weighted by atomic mass is 10.1. The molecule has 9 nitrogen and oxygen atoms in total. The highest BCUT2D eigenvalue weighted by Crippen LogP contribution is 2.27. The van der Waals surface area contributed by atoms with E-state index in [2.05, 4.69) is 16.8 Å². The van der Waals surface area contributed by atoms with E-state index in [9.17, 15) is 23.1 Å². The monoisotopic (exact) mass is 400 g/mol.